The highest BCUT2D eigenvalue weighted by Crippen LogP contribution is 2.18. The van der Waals surface area contributed by atoms with Crippen LogP contribution in [0.25, 0.3) is 0 Å². The number of carboxylic acids is 1. The summed E-state index contributed by atoms with van der Waals surface area (Å²) in [4.78, 5) is 24.7. The summed E-state index contributed by atoms with van der Waals surface area (Å²) >= 11 is 0. The van der Waals surface area contributed by atoms with Gasteiger partial charge in [-0.2, -0.15) is 0 Å². The summed E-state index contributed by atoms with van der Waals surface area (Å²) in [6.07, 6.45) is 1.35. The van der Waals surface area contributed by atoms with Gasteiger partial charge < -0.3 is 20.1 Å². The van der Waals surface area contributed by atoms with E-state index in [2.05, 4.69) is 5.32 Å². The average molecular weight is 292 g/mol. The first kappa shape index (κ1) is 15.2. The van der Waals surface area contributed by atoms with Gasteiger partial charge in [0, 0.05) is 25.2 Å². The minimum absolute atomic E-state index is 0.230. The van der Waals surface area contributed by atoms with Crippen molar-refractivity contribution in [1.29, 1.82) is 0 Å². The van der Waals surface area contributed by atoms with Crippen molar-refractivity contribution < 1.29 is 19.4 Å². The van der Waals surface area contributed by atoms with Crippen molar-refractivity contribution in [2.75, 3.05) is 20.2 Å². The van der Waals surface area contributed by atoms with E-state index in [1.807, 2.05) is 24.3 Å². The monoisotopic (exact) mass is 292 g/mol. The molecular formula is C15H20N2O4. The smallest absolute Gasteiger partial charge is 0.317 e. The maximum Gasteiger partial charge on any atom is 0.317 e. The summed E-state index contributed by atoms with van der Waals surface area (Å²) in [5.74, 6) is -0.576. The lowest BCUT2D eigenvalue weighted by atomic mass is 9.99. The molecule has 6 nitrogen and oxygen atoms in total. The van der Waals surface area contributed by atoms with Crippen LogP contribution in [0.3, 0.4) is 0 Å². The van der Waals surface area contributed by atoms with Crippen molar-refractivity contribution in [3.05, 3.63) is 29.8 Å². The zero-order valence-electron chi connectivity index (χ0n) is 12.0. The van der Waals surface area contributed by atoms with E-state index < -0.39 is 11.9 Å². The van der Waals surface area contributed by atoms with E-state index in [1.54, 1.807) is 12.0 Å². The predicted molar refractivity (Wildman–Crippen MR) is 77.2 cm³/mol. The third-order valence-electron chi connectivity index (χ3n) is 3.68. The number of hydrogen-bond donors (Lipinski definition) is 2. The third kappa shape index (κ3) is 3.87. The molecule has 114 valence electrons. The quantitative estimate of drug-likeness (QED) is 0.885. The Balaban J connectivity index is 1.91. The molecule has 1 fully saturated rings. The number of amides is 2. The number of likely N-dealkylation sites (tertiary alicyclic amines) is 1. The number of ether oxygens (including phenoxy) is 1. The minimum Gasteiger partial charge on any atom is -0.496 e. The van der Waals surface area contributed by atoms with Gasteiger partial charge in [-0.15, -0.1) is 0 Å². The zero-order valence-corrected chi connectivity index (χ0v) is 12.0. The Bertz CT molecular complexity index is 518. The normalized spacial score (nSPS) is 18.1. The van der Waals surface area contributed by atoms with Crippen molar-refractivity contribution in [2.24, 2.45) is 5.92 Å². The van der Waals surface area contributed by atoms with Crippen molar-refractivity contribution in [3.63, 3.8) is 0 Å². The molecule has 1 aromatic carbocycles. The van der Waals surface area contributed by atoms with Crippen LogP contribution in [0.1, 0.15) is 18.4 Å². The van der Waals surface area contributed by atoms with Gasteiger partial charge >= 0.3 is 12.0 Å². The Morgan fingerprint density at radius 1 is 1.43 bits per heavy atom. The second-order valence-electron chi connectivity index (χ2n) is 5.09. The molecule has 2 N–H and O–H groups in total. The molecule has 0 aromatic heterocycles. The van der Waals surface area contributed by atoms with Crippen LogP contribution in [0.4, 0.5) is 4.79 Å². The fraction of sp³-hybridized carbons (Fsp3) is 0.467. The van der Waals surface area contributed by atoms with Gasteiger partial charge in [0.2, 0.25) is 0 Å². The zero-order chi connectivity index (χ0) is 15.2. The number of nitrogens with zero attached hydrogens (tertiary/aromatic N) is 1. The van der Waals surface area contributed by atoms with Crippen molar-refractivity contribution in [2.45, 2.75) is 19.4 Å². The van der Waals surface area contributed by atoms with Crippen LogP contribution in [0.5, 0.6) is 5.75 Å². The molecule has 2 amide bonds. The van der Waals surface area contributed by atoms with Crippen molar-refractivity contribution in [1.82, 2.24) is 10.2 Å². The maximum atomic E-state index is 12.1. The fourth-order valence-electron chi connectivity index (χ4n) is 2.49. The number of carboxylic acid groups (broad SMARTS) is 1. The number of nitrogens with one attached hydrogen (secondary N) is 1. The van der Waals surface area contributed by atoms with Crippen LogP contribution < -0.4 is 10.1 Å². The molecule has 0 aliphatic carbocycles. The number of methoxy groups -OCH3 is 1. The molecular weight excluding hydrogens is 272 g/mol. The number of benzene rings is 1. The molecule has 1 atom stereocenters. The topological polar surface area (TPSA) is 78.9 Å². The molecule has 6 heteroatoms. The van der Waals surface area contributed by atoms with Gasteiger partial charge in [0.25, 0.3) is 0 Å². The van der Waals surface area contributed by atoms with Gasteiger partial charge in [0.05, 0.1) is 13.0 Å². The largest absolute Gasteiger partial charge is 0.496 e. The van der Waals surface area contributed by atoms with E-state index in [1.165, 1.54) is 0 Å². The van der Waals surface area contributed by atoms with Gasteiger partial charge in [-0.3, -0.25) is 4.79 Å². The second-order valence-corrected chi connectivity index (χ2v) is 5.09. The number of para-hydroxylation sites is 1. The number of aliphatic carboxylic acids is 1. The number of urea groups is 1. The maximum absolute atomic E-state index is 12.1. The van der Waals surface area contributed by atoms with Crippen LogP contribution in [0.15, 0.2) is 24.3 Å². The summed E-state index contributed by atoms with van der Waals surface area (Å²) in [6, 6.07) is 7.24. The molecule has 0 saturated carbocycles. The highest BCUT2D eigenvalue weighted by molar-refractivity contribution is 5.76. The van der Waals surface area contributed by atoms with Crippen LogP contribution >= 0.6 is 0 Å². The summed E-state index contributed by atoms with van der Waals surface area (Å²) in [5.41, 5.74) is 0.889. The first-order chi connectivity index (χ1) is 10.1. The Kier molecular flexibility index (Phi) is 5.03. The number of hydrogen-bond acceptors (Lipinski definition) is 3. The van der Waals surface area contributed by atoms with E-state index >= 15 is 0 Å². The van der Waals surface area contributed by atoms with Gasteiger partial charge in [-0.1, -0.05) is 18.2 Å². The van der Waals surface area contributed by atoms with Crippen molar-refractivity contribution in [3.8, 4) is 5.75 Å². The number of piperidine rings is 1. The second kappa shape index (κ2) is 6.97. The molecule has 1 heterocycles. The Hall–Kier alpha value is -2.24. The lowest BCUT2D eigenvalue weighted by Gasteiger charge is -2.30. The van der Waals surface area contributed by atoms with Gasteiger partial charge in [0.1, 0.15) is 5.75 Å². The van der Waals surface area contributed by atoms with Crippen molar-refractivity contribution >= 4 is 12.0 Å². The lowest BCUT2D eigenvalue weighted by Crippen LogP contribution is -2.46. The van der Waals surface area contributed by atoms with Crippen LogP contribution in [0, 0.1) is 5.92 Å². The Labute approximate surface area is 123 Å². The molecule has 0 spiro atoms. The molecule has 2 rings (SSSR count). The molecule has 0 bridgehead atoms. The van der Waals surface area contributed by atoms with E-state index in [9.17, 15) is 9.59 Å². The standard InChI is InChI=1S/C15H20N2O4/c1-21-13-7-3-2-5-11(13)9-16-15(20)17-8-4-6-12(10-17)14(18)19/h2-3,5,7,12H,4,6,8-10H2,1H3,(H,16,20)(H,18,19)/t12-/m0/s1. The molecule has 1 saturated heterocycles. The Morgan fingerprint density at radius 2 is 2.19 bits per heavy atom. The lowest BCUT2D eigenvalue weighted by molar-refractivity contribution is -0.143. The van der Waals surface area contributed by atoms with Crippen LogP contribution in [-0.2, 0) is 11.3 Å². The number of rotatable bonds is 4. The SMILES string of the molecule is COc1ccccc1CNC(=O)N1CCC[C@H](C(=O)O)C1. The first-order valence-corrected chi connectivity index (χ1v) is 6.99. The molecule has 1 aromatic rings. The van der Waals surface area contributed by atoms with Gasteiger partial charge in [-0.05, 0) is 18.9 Å². The van der Waals surface area contributed by atoms with Crippen LogP contribution in [-0.4, -0.2) is 42.2 Å². The predicted octanol–water partition coefficient (Wildman–Crippen LogP) is 1.70. The van der Waals surface area contributed by atoms with E-state index in [0.717, 1.165) is 17.7 Å². The number of carbonyl (C=O) groups is 2. The molecule has 1 aliphatic rings. The minimum atomic E-state index is -0.836. The Morgan fingerprint density at radius 3 is 2.90 bits per heavy atom. The van der Waals surface area contributed by atoms with E-state index in [-0.39, 0.29) is 12.6 Å². The molecule has 0 radical (unpaired) electrons. The fourth-order valence-corrected chi connectivity index (χ4v) is 2.49. The third-order valence-corrected chi connectivity index (χ3v) is 3.68. The molecule has 1 aliphatic heterocycles. The first-order valence-electron chi connectivity index (χ1n) is 6.99. The van der Waals surface area contributed by atoms with Crippen LogP contribution in [0.2, 0.25) is 0 Å². The highest BCUT2D eigenvalue weighted by atomic mass is 16.5. The molecule has 21 heavy (non-hydrogen) atoms. The summed E-state index contributed by atoms with van der Waals surface area (Å²) < 4.78 is 5.23. The average Bonchev–Trinajstić information content (AvgIpc) is 2.52. The van der Waals surface area contributed by atoms with Gasteiger partial charge in [0.15, 0.2) is 0 Å². The van der Waals surface area contributed by atoms with E-state index in [0.29, 0.717) is 19.5 Å². The summed E-state index contributed by atoms with van der Waals surface area (Å²) in [6.45, 7) is 1.23. The van der Waals surface area contributed by atoms with E-state index in [4.69, 9.17) is 9.84 Å². The summed E-state index contributed by atoms with van der Waals surface area (Å²) in [7, 11) is 1.59. The molecule has 0 unspecified atom stereocenters. The van der Waals surface area contributed by atoms with Gasteiger partial charge in [-0.25, -0.2) is 4.79 Å². The number of carbonyl (C=O) groups excluding carboxylic acids is 1. The highest BCUT2D eigenvalue weighted by Gasteiger charge is 2.27. The summed E-state index contributed by atoms with van der Waals surface area (Å²) in [5, 5.41) is 11.9.